The number of hydrogen-bond donors (Lipinski definition) is 1. The third-order valence-corrected chi connectivity index (χ3v) is 5.20. The summed E-state index contributed by atoms with van der Waals surface area (Å²) in [6.07, 6.45) is 1.79. The molecule has 6 nitrogen and oxygen atoms in total. The maximum atomic E-state index is 13.2. The molecule has 1 saturated heterocycles. The number of halogens is 1. The van der Waals surface area contributed by atoms with Crippen molar-refractivity contribution >= 4 is 28.5 Å². The molecule has 1 N–H and O–H groups in total. The van der Waals surface area contributed by atoms with E-state index < -0.39 is 0 Å². The first-order chi connectivity index (χ1) is 13.1. The zero-order valence-electron chi connectivity index (χ0n) is 15.2. The lowest BCUT2D eigenvalue weighted by molar-refractivity contribution is 0.0730. The quantitative estimate of drug-likeness (QED) is 0.730. The molecular formula is C20H20ClN3O3. The Bertz CT molecular complexity index is 968. The maximum absolute atomic E-state index is 13.2. The van der Waals surface area contributed by atoms with Gasteiger partial charge in [-0.05, 0) is 37.1 Å². The monoisotopic (exact) mass is 385 g/mol. The molecule has 0 bridgehead atoms. The van der Waals surface area contributed by atoms with E-state index in [1.54, 1.807) is 12.1 Å². The van der Waals surface area contributed by atoms with Crippen molar-refractivity contribution in [3.8, 4) is 11.5 Å². The third kappa shape index (κ3) is 3.10. The summed E-state index contributed by atoms with van der Waals surface area (Å²) in [5, 5.41) is 0.347. The van der Waals surface area contributed by atoms with Gasteiger partial charge in [0.15, 0.2) is 11.5 Å². The number of nitrogens with one attached hydrogen (secondary N) is 1. The molecule has 3 aromatic rings. The molecule has 0 aliphatic carbocycles. The smallest absolute Gasteiger partial charge is 0.254 e. The number of carbonyl (C=O) groups is 1. The van der Waals surface area contributed by atoms with Crippen molar-refractivity contribution < 1.29 is 14.3 Å². The Morgan fingerprint density at radius 2 is 2.07 bits per heavy atom. The highest BCUT2D eigenvalue weighted by atomic mass is 35.5. The van der Waals surface area contributed by atoms with Crippen LogP contribution in [0, 0.1) is 0 Å². The maximum Gasteiger partial charge on any atom is 0.254 e. The second-order valence-electron chi connectivity index (χ2n) is 6.49. The lowest BCUT2D eigenvalue weighted by Crippen LogP contribution is -2.31. The fourth-order valence-corrected chi connectivity index (χ4v) is 3.92. The molecule has 1 aliphatic heterocycles. The number of ether oxygens (including phenoxy) is 2. The molecule has 0 spiro atoms. The highest BCUT2D eigenvalue weighted by Crippen LogP contribution is 2.38. The zero-order chi connectivity index (χ0) is 19.0. The Morgan fingerprint density at radius 1 is 1.26 bits per heavy atom. The highest BCUT2D eigenvalue weighted by molar-refractivity contribution is 6.32. The summed E-state index contributed by atoms with van der Waals surface area (Å²) in [5.74, 6) is 1.58. The number of fused-ring (bicyclic) bond motifs is 1. The molecule has 0 saturated carbocycles. The number of amides is 1. The van der Waals surface area contributed by atoms with Gasteiger partial charge in [0.2, 0.25) is 0 Å². The van der Waals surface area contributed by atoms with Gasteiger partial charge in [0.05, 0.1) is 36.3 Å². The van der Waals surface area contributed by atoms with Crippen molar-refractivity contribution in [3.05, 3.63) is 52.8 Å². The summed E-state index contributed by atoms with van der Waals surface area (Å²) in [4.78, 5) is 23.1. The van der Waals surface area contributed by atoms with Crippen LogP contribution in [0.4, 0.5) is 0 Å². The number of imidazole rings is 1. The van der Waals surface area contributed by atoms with Crippen molar-refractivity contribution in [1.29, 1.82) is 0 Å². The second-order valence-corrected chi connectivity index (χ2v) is 6.90. The van der Waals surface area contributed by atoms with Gasteiger partial charge < -0.3 is 19.4 Å². The first-order valence-electron chi connectivity index (χ1n) is 8.79. The van der Waals surface area contributed by atoms with Crippen LogP contribution in [-0.2, 0) is 0 Å². The number of methoxy groups -OCH3 is 2. The Labute approximate surface area is 162 Å². The standard InChI is InChI=1S/C20H20ClN3O3/c1-26-17-11-12(10-13(21)18(17)27-2)20(25)24-9-5-8-16(24)19-22-14-6-3-4-7-15(14)23-19/h3-4,6-7,10-11,16H,5,8-9H2,1-2H3,(H,22,23)/t16-/m1/s1. The number of rotatable bonds is 4. The van der Waals surface area contributed by atoms with Crippen LogP contribution in [0.2, 0.25) is 5.02 Å². The fraction of sp³-hybridized carbons (Fsp3) is 0.300. The summed E-state index contributed by atoms with van der Waals surface area (Å²) in [5.41, 5.74) is 2.35. The van der Waals surface area contributed by atoms with Crippen LogP contribution >= 0.6 is 11.6 Å². The summed E-state index contributed by atoms with van der Waals surface area (Å²) >= 11 is 6.28. The number of likely N-dealkylation sites (tertiary alicyclic amines) is 1. The van der Waals surface area contributed by atoms with Gasteiger partial charge in [-0.3, -0.25) is 4.79 Å². The van der Waals surface area contributed by atoms with Gasteiger partial charge in [0.25, 0.3) is 5.91 Å². The van der Waals surface area contributed by atoms with Crippen molar-refractivity contribution in [2.75, 3.05) is 20.8 Å². The predicted octanol–water partition coefficient (Wildman–Crippen LogP) is 4.21. The average Bonchev–Trinajstić information content (AvgIpc) is 3.33. The van der Waals surface area contributed by atoms with Crippen LogP contribution in [-0.4, -0.2) is 41.5 Å². The van der Waals surface area contributed by atoms with Crippen LogP contribution in [0.15, 0.2) is 36.4 Å². The molecule has 140 valence electrons. The van der Waals surface area contributed by atoms with E-state index in [0.29, 0.717) is 28.6 Å². The Balaban J connectivity index is 1.67. The number of aromatic nitrogens is 2. The molecule has 2 heterocycles. The third-order valence-electron chi connectivity index (χ3n) is 4.92. The van der Waals surface area contributed by atoms with E-state index in [4.69, 9.17) is 21.1 Å². The van der Waals surface area contributed by atoms with E-state index in [-0.39, 0.29) is 11.9 Å². The van der Waals surface area contributed by atoms with E-state index in [1.165, 1.54) is 14.2 Å². The minimum absolute atomic E-state index is 0.0863. The van der Waals surface area contributed by atoms with Gasteiger partial charge in [-0.2, -0.15) is 0 Å². The number of H-pyrrole nitrogens is 1. The molecule has 7 heteroatoms. The molecule has 1 amide bonds. The topological polar surface area (TPSA) is 67.5 Å². The van der Waals surface area contributed by atoms with E-state index in [0.717, 1.165) is 29.7 Å². The van der Waals surface area contributed by atoms with E-state index in [1.807, 2.05) is 29.2 Å². The molecule has 2 aromatic carbocycles. The van der Waals surface area contributed by atoms with Gasteiger partial charge in [-0.25, -0.2) is 4.98 Å². The second kappa shape index (κ2) is 7.12. The minimum Gasteiger partial charge on any atom is -0.493 e. The molecule has 0 unspecified atom stereocenters. The Hall–Kier alpha value is -2.73. The van der Waals surface area contributed by atoms with Gasteiger partial charge in [-0.15, -0.1) is 0 Å². The Morgan fingerprint density at radius 3 is 2.81 bits per heavy atom. The average molecular weight is 386 g/mol. The number of hydrogen-bond acceptors (Lipinski definition) is 4. The normalized spacial score (nSPS) is 16.7. The summed E-state index contributed by atoms with van der Waals surface area (Å²) in [6.45, 7) is 0.673. The lowest BCUT2D eigenvalue weighted by Gasteiger charge is -2.24. The molecule has 0 radical (unpaired) electrons. The van der Waals surface area contributed by atoms with E-state index in [2.05, 4.69) is 9.97 Å². The van der Waals surface area contributed by atoms with E-state index >= 15 is 0 Å². The SMILES string of the molecule is COc1cc(C(=O)N2CCC[C@@H]2c2nc3ccccc3[nH]2)cc(Cl)c1OC. The highest BCUT2D eigenvalue weighted by Gasteiger charge is 2.33. The molecular weight excluding hydrogens is 366 g/mol. The molecule has 4 rings (SSSR count). The van der Waals surface area contributed by atoms with Crippen LogP contribution in [0.1, 0.15) is 35.1 Å². The van der Waals surface area contributed by atoms with Crippen molar-refractivity contribution in [2.24, 2.45) is 0 Å². The molecule has 1 fully saturated rings. The van der Waals surface area contributed by atoms with Crippen LogP contribution in [0.25, 0.3) is 11.0 Å². The Kier molecular flexibility index (Phi) is 4.66. The number of aromatic amines is 1. The van der Waals surface area contributed by atoms with Gasteiger partial charge >= 0.3 is 0 Å². The van der Waals surface area contributed by atoms with Gasteiger partial charge in [0, 0.05) is 12.1 Å². The predicted molar refractivity (Wildman–Crippen MR) is 104 cm³/mol. The first kappa shape index (κ1) is 17.7. The van der Waals surface area contributed by atoms with Crippen LogP contribution in [0.5, 0.6) is 11.5 Å². The van der Waals surface area contributed by atoms with Crippen molar-refractivity contribution in [1.82, 2.24) is 14.9 Å². The number of carbonyl (C=O) groups excluding carboxylic acids is 1. The summed E-state index contributed by atoms with van der Waals surface area (Å²) < 4.78 is 10.6. The number of para-hydroxylation sites is 2. The largest absolute Gasteiger partial charge is 0.493 e. The van der Waals surface area contributed by atoms with Crippen LogP contribution < -0.4 is 9.47 Å². The molecule has 1 atom stereocenters. The van der Waals surface area contributed by atoms with Crippen molar-refractivity contribution in [2.45, 2.75) is 18.9 Å². The number of nitrogens with zero attached hydrogens (tertiary/aromatic N) is 2. The molecule has 1 aliphatic rings. The summed E-state index contributed by atoms with van der Waals surface area (Å²) in [6, 6.07) is 11.1. The first-order valence-corrected chi connectivity index (χ1v) is 9.17. The van der Waals surface area contributed by atoms with E-state index in [9.17, 15) is 4.79 Å². The van der Waals surface area contributed by atoms with Gasteiger partial charge in [-0.1, -0.05) is 23.7 Å². The number of benzene rings is 2. The van der Waals surface area contributed by atoms with Crippen molar-refractivity contribution in [3.63, 3.8) is 0 Å². The molecule has 27 heavy (non-hydrogen) atoms. The minimum atomic E-state index is -0.0965. The summed E-state index contributed by atoms with van der Waals surface area (Å²) in [7, 11) is 3.04. The molecule has 1 aromatic heterocycles. The zero-order valence-corrected chi connectivity index (χ0v) is 15.9. The lowest BCUT2D eigenvalue weighted by atomic mass is 10.1. The van der Waals surface area contributed by atoms with Crippen LogP contribution in [0.3, 0.4) is 0 Å². The fourth-order valence-electron chi connectivity index (χ4n) is 3.63. The van der Waals surface area contributed by atoms with Gasteiger partial charge in [0.1, 0.15) is 5.82 Å².